The van der Waals surface area contributed by atoms with E-state index in [0.29, 0.717) is 5.82 Å². The van der Waals surface area contributed by atoms with Crippen molar-refractivity contribution in [2.24, 2.45) is 7.05 Å². The fourth-order valence-electron chi connectivity index (χ4n) is 2.35. The van der Waals surface area contributed by atoms with E-state index in [0.717, 1.165) is 36.4 Å². The predicted octanol–water partition coefficient (Wildman–Crippen LogP) is 1.92. The second-order valence-electron chi connectivity index (χ2n) is 4.49. The highest BCUT2D eigenvalue weighted by Crippen LogP contribution is 2.37. The minimum atomic E-state index is 0.0468. The highest BCUT2D eigenvalue weighted by molar-refractivity contribution is 5.74. The molecule has 1 aliphatic rings. The number of nitrogens with two attached hydrogens (primary N) is 1. The summed E-state index contributed by atoms with van der Waals surface area (Å²) in [6.45, 7) is 0.794. The van der Waals surface area contributed by atoms with E-state index in [1.807, 2.05) is 25.2 Å². The topological polar surface area (TPSA) is 66.0 Å². The third-order valence-electron chi connectivity index (χ3n) is 3.27. The van der Waals surface area contributed by atoms with Crippen LogP contribution in [0.3, 0.4) is 0 Å². The fraction of sp³-hybridized carbons (Fsp3) is 0.385. The highest BCUT2D eigenvalue weighted by Gasteiger charge is 2.27. The van der Waals surface area contributed by atoms with Gasteiger partial charge in [0.25, 0.3) is 0 Å². The van der Waals surface area contributed by atoms with E-state index in [1.54, 1.807) is 10.9 Å². The van der Waals surface area contributed by atoms with Gasteiger partial charge in [0.15, 0.2) is 0 Å². The van der Waals surface area contributed by atoms with E-state index < -0.39 is 0 Å². The first-order valence-electron chi connectivity index (χ1n) is 6.12. The minimum absolute atomic E-state index is 0.0468. The van der Waals surface area contributed by atoms with Gasteiger partial charge in [0.05, 0.1) is 11.3 Å². The van der Waals surface area contributed by atoms with Crippen LogP contribution in [0.25, 0.3) is 11.3 Å². The molecule has 0 saturated carbocycles. The molecule has 1 fully saturated rings. The lowest BCUT2D eigenvalue weighted by Crippen LogP contribution is -2.00. The van der Waals surface area contributed by atoms with Crippen LogP contribution in [-0.2, 0) is 11.8 Å². The number of rotatable bonds is 2. The molecule has 0 amide bonds. The molecular formula is C13H16N4O. The van der Waals surface area contributed by atoms with Gasteiger partial charge < -0.3 is 10.5 Å². The summed E-state index contributed by atoms with van der Waals surface area (Å²) in [5, 5.41) is 4.50. The maximum atomic E-state index is 6.11. The molecule has 2 aromatic rings. The molecule has 1 aliphatic heterocycles. The van der Waals surface area contributed by atoms with Crippen LogP contribution in [-0.4, -0.2) is 21.4 Å². The molecular weight excluding hydrogens is 228 g/mol. The standard InChI is InChI=1S/C13H16N4O/c1-17-13(14)11(9-5-2-3-7-15-9)12(16-17)10-6-4-8-18-10/h2-3,5,7,10H,4,6,8,14H2,1H3. The summed E-state index contributed by atoms with van der Waals surface area (Å²) in [5.74, 6) is 0.638. The zero-order valence-electron chi connectivity index (χ0n) is 10.3. The van der Waals surface area contributed by atoms with E-state index in [1.165, 1.54) is 0 Å². The average Bonchev–Trinajstić information content (AvgIpc) is 3.00. The first kappa shape index (κ1) is 11.2. The van der Waals surface area contributed by atoms with Crippen molar-refractivity contribution in [2.45, 2.75) is 18.9 Å². The summed E-state index contributed by atoms with van der Waals surface area (Å²) in [4.78, 5) is 4.37. The second-order valence-corrected chi connectivity index (χ2v) is 4.49. The molecule has 94 valence electrons. The van der Waals surface area contributed by atoms with E-state index >= 15 is 0 Å². The molecule has 1 unspecified atom stereocenters. The lowest BCUT2D eigenvalue weighted by molar-refractivity contribution is 0.108. The normalized spacial score (nSPS) is 19.3. The van der Waals surface area contributed by atoms with Crippen LogP contribution in [0.4, 0.5) is 5.82 Å². The van der Waals surface area contributed by atoms with Crippen molar-refractivity contribution in [1.82, 2.24) is 14.8 Å². The van der Waals surface area contributed by atoms with Gasteiger partial charge in [-0.1, -0.05) is 6.07 Å². The average molecular weight is 244 g/mol. The summed E-state index contributed by atoms with van der Waals surface area (Å²) in [7, 11) is 1.85. The molecule has 5 nitrogen and oxygen atoms in total. The number of hydrogen-bond acceptors (Lipinski definition) is 4. The minimum Gasteiger partial charge on any atom is -0.383 e. The molecule has 0 spiro atoms. The number of aryl methyl sites for hydroxylation is 1. The smallest absolute Gasteiger partial charge is 0.131 e. The molecule has 0 aromatic carbocycles. The third kappa shape index (κ3) is 1.76. The van der Waals surface area contributed by atoms with Crippen molar-refractivity contribution >= 4 is 5.82 Å². The van der Waals surface area contributed by atoms with Gasteiger partial charge in [0, 0.05) is 19.9 Å². The molecule has 0 bridgehead atoms. The lowest BCUT2D eigenvalue weighted by Gasteiger charge is -2.08. The zero-order valence-corrected chi connectivity index (χ0v) is 10.3. The molecule has 2 aromatic heterocycles. The van der Waals surface area contributed by atoms with E-state index in [-0.39, 0.29) is 6.10 Å². The van der Waals surface area contributed by atoms with Gasteiger partial charge in [-0.25, -0.2) is 0 Å². The van der Waals surface area contributed by atoms with Gasteiger partial charge in [0.1, 0.15) is 17.6 Å². The van der Waals surface area contributed by atoms with Crippen LogP contribution in [0.5, 0.6) is 0 Å². The van der Waals surface area contributed by atoms with Crippen molar-refractivity contribution in [3.63, 3.8) is 0 Å². The molecule has 0 radical (unpaired) electrons. The van der Waals surface area contributed by atoms with Gasteiger partial charge in [-0.15, -0.1) is 0 Å². The van der Waals surface area contributed by atoms with Crippen LogP contribution in [0, 0.1) is 0 Å². The van der Waals surface area contributed by atoms with Gasteiger partial charge >= 0.3 is 0 Å². The first-order chi connectivity index (χ1) is 8.77. The van der Waals surface area contributed by atoms with Gasteiger partial charge in [-0.3, -0.25) is 9.67 Å². The fourth-order valence-corrected chi connectivity index (χ4v) is 2.35. The highest BCUT2D eigenvalue weighted by atomic mass is 16.5. The maximum absolute atomic E-state index is 6.11. The molecule has 1 saturated heterocycles. The van der Waals surface area contributed by atoms with Crippen LogP contribution < -0.4 is 5.73 Å². The van der Waals surface area contributed by atoms with Crippen LogP contribution in [0.2, 0.25) is 0 Å². The quantitative estimate of drug-likeness (QED) is 0.876. The number of aromatic nitrogens is 3. The molecule has 18 heavy (non-hydrogen) atoms. The summed E-state index contributed by atoms with van der Waals surface area (Å²) in [6.07, 6.45) is 3.88. The van der Waals surface area contributed by atoms with Crippen LogP contribution in [0.15, 0.2) is 24.4 Å². The largest absolute Gasteiger partial charge is 0.383 e. The number of pyridine rings is 1. The lowest BCUT2D eigenvalue weighted by atomic mass is 10.1. The van der Waals surface area contributed by atoms with E-state index in [2.05, 4.69) is 10.1 Å². The van der Waals surface area contributed by atoms with E-state index in [9.17, 15) is 0 Å². The van der Waals surface area contributed by atoms with E-state index in [4.69, 9.17) is 10.5 Å². The molecule has 3 heterocycles. The summed E-state index contributed by atoms with van der Waals surface area (Å²) in [6, 6.07) is 5.79. The Labute approximate surface area is 106 Å². The van der Waals surface area contributed by atoms with Crippen molar-refractivity contribution in [3.05, 3.63) is 30.1 Å². The van der Waals surface area contributed by atoms with Gasteiger partial charge in [0.2, 0.25) is 0 Å². The molecule has 1 atom stereocenters. The molecule has 3 rings (SSSR count). The Morgan fingerprint density at radius 1 is 1.44 bits per heavy atom. The number of nitrogen functional groups attached to an aromatic ring is 1. The first-order valence-corrected chi connectivity index (χ1v) is 6.12. The number of anilines is 1. The Kier molecular flexibility index (Phi) is 2.76. The van der Waals surface area contributed by atoms with Crippen LogP contribution >= 0.6 is 0 Å². The maximum Gasteiger partial charge on any atom is 0.131 e. The second kappa shape index (κ2) is 4.42. The Balaban J connectivity index is 2.12. The number of nitrogens with zero attached hydrogens (tertiary/aromatic N) is 3. The van der Waals surface area contributed by atoms with Crippen molar-refractivity contribution in [1.29, 1.82) is 0 Å². The van der Waals surface area contributed by atoms with Crippen molar-refractivity contribution in [3.8, 4) is 11.3 Å². The molecule has 2 N–H and O–H groups in total. The summed E-state index contributed by atoms with van der Waals surface area (Å²) < 4.78 is 7.41. The van der Waals surface area contributed by atoms with Crippen molar-refractivity contribution in [2.75, 3.05) is 12.3 Å². The summed E-state index contributed by atoms with van der Waals surface area (Å²) in [5.41, 5.74) is 8.78. The van der Waals surface area contributed by atoms with Gasteiger partial charge in [-0.2, -0.15) is 5.10 Å². The van der Waals surface area contributed by atoms with Crippen molar-refractivity contribution < 1.29 is 4.74 Å². The zero-order chi connectivity index (χ0) is 12.5. The Hall–Kier alpha value is -1.88. The van der Waals surface area contributed by atoms with Crippen LogP contribution in [0.1, 0.15) is 24.6 Å². The third-order valence-corrected chi connectivity index (χ3v) is 3.27. The Bertz CT molecular complexity index is 544. The Morgan fingerprint density at radius 3 is 3.00 bits per heavy atom. The molecule has 0 aliphatic carbocycles. The predicted molar refractivity (Wildman–Crippen MR) is 68.8 cm³/mol. The Morgan fingerprint density at radius 2 is 2.33 bits per heavy atom. The van der Waals surface area contributed by atoms with Gasteiger partial charge in [-0.05, 0) is 25.0 Å². The number of hydrogen-bond donors (Lipinski definition) is 1. The number of ether oxygens (including phenoxy) is 1. The monoisotopic (exact) mass is 244 g/mol. The summed E-state index contributed by atoms with van der Waals surface area (Å²) >= 11 is 0. The SMILES string of the molecule is Cn1nc(C2CCCO2)c(-c2ccccn2)c1N. The molecule has 5 heteroatoms.